The molecule has 4 heterocycles. The lowest BCUT2D eigenvalue weighted by Gasteiger charge is -2.27. The molecule has 132 heavy (non-hydrogen) atoms. The summed E-state index contributed by atoms with van der Waals surface area (Å²) in [6, 6.07) is 24.9. The molecule has 0 spiro atoms. The van der Waals surface area contributed by atoms with Gasteiger partial charge in [0.15, 0.2) is 23.1 Å². The molecule has 0 aliphatic heterocycles. The zero-order valence-corrected chi connectivity index (χ0v) is 82.7. The predicted molar refractivity (Wildman–Crippen MR) is 537 cm³/mol. The quantitative estimate of drug-likeness (QED) is 0.0221. The van der Waals surface area contributed by atoms with Gasteiger partial charge in [0.2, 0.25) is 29.5 Å². The Bertz CT molecular complexity index is 5090. The second kappa shape index (κ2) is 55.3. The van der Waals surface area contributed by atoms with Crippen LogP contribution in [0.5, 0.6) is 0 Å². The number of aromatic nitrogens is 4. The molecule has 4 saturated carbocycles. The van der Waals surface area contributed by atoms with Gasteiger partial charge in [-0.2, -0.15) is 0 Å². The van der Waals surface area contributed by atoms with Gasteiger partial charge in [-0.25, -0.2) is 19.9 Å². The number of allylic oxidation sites excluding steroid dienone is 4. The lowest BCUT2D eigenvalue weighted by atomic mass is 9.91. The summed E-state index contributed by atoms with van der Waals surface area (Å²) in [6.07, 6.45) is 35.4. The number of nitrogens with one attached hydrogen (secondary N) is 5. The number of ketones is 7. The average Bonchev–Trinajstić information content (AvgIpc) is 1.68. The molecule has 4 fully saturated rings. The first-order valence-corrected chi connectivity index (χ1v) is 52.0. The first-order chi connectivity index (χ1) is 63.7. The molecule has 12 rings (SSSR count). The van der Waals surface area contributed by atoms with Crippen molar-refractivity contribution in [2.75, 3.05) is 7.05 Å². The molecule has 8 aromatic rings. The number of carbonyl (C=O) groups is 12. The first kappa shape index (κ1) is 106. The zero-order valence-electron chi connectivity index (χ0n) is 79.4. The van der Waals surface area contributed by atoms with Crippen molar-refractivity contribution in [3.05, 3.63) is 166 Å². The molecule has 4 aromatic heterocycles. The lowest BCUT2D eigenvalue weighted by molar-refractivity contribution is -0.131. The second-order valence-electron chi connectivity index (χ2n) is 36.5. The van der Waals surface area contributed by atoms with Gasteiger partial charge < -0.3 is 31.4 Å². The Morgan fingerprint density at radius 3 is 0.833 bits per heavy atom. The molecule has 4 aromatic carbocycles. The van der Waals surface area contributed by atoms with E-state index in [1.807, 2.05) is 38.1 Å². The molecule has 5 amide bonds. The van der Waals surface area contributed by atoms with Gasteiger partial charge in [0, 0.05) is 121 Å². The number of carbonyl (C=O) groups excluding carboxylic acids is 12. The summed E-state index contributed by atoms with van der Waals surface area (Å²) in [5.41, 5.74) is 8.81. The molecule has 25 heteroatoms. The van der Waals surface area contributed by atoms with Gasteiger partial charge in [0.05, 0.1) is 84.6 Å². The van der Waals surface area contributed by atoms with E-state index in [9.17, 15) is 57.5 Å². The molecule has 0 saturated heterocycles. The summed E-state index contributed by atoms with van der Waals surface area (Å²) in [6.45, 7) is 28.1. The number of aryl methyl sites for hydroxylation is 4. The van der Waals surface area contributed by atoms with E-state index in [4.69, 9.17) is 19.9 Å². The van der Waals surface area contributed by atoms with Gasteiger partial charge in [-0.15, -0.1) is 45.3 Å². The standard InChI is InChI=1S/C28H38N2O3S.C27H36N2O3S.C26H35N3O3S.C26H34N2O3S/c1-4-9-23(32)17-21(18-27-29-25-14-12-19(5-2)16-26(25)34-27)28(33)30-24(15-13-22(31)6-3)20-10-7-8-11-20;1-4-18-11-13-24-25(15-18)33-26(28-24)17-20(16-22(31)6-3)27(32)29-23(14-12-21(30)5-2)19-9-7-8-10-19;1-4-17-10-12-22-23(14-17)33-25(28-22)16-19(15-24(31)27-3)26(32)29-21(13-11-20(30)5-2)18-8-6-7-9-18;1-4-18-10-12-23-24(15-18)32-25(27-23)16-20(14-17(3)29)26(31)28-22(13-11-21(30)5-2)19-8-6-7-9-19/h6,12,14,16,20-21,24H,3-5,7-11,13,15,17-18H2,1-2H3,(H,30,33);5,11,13,15,19-20,23H,2,4,6-10,12,14,16-17H2,1,3H3,(H,29,32);5,10,12,14,18-19,21H,2,4,6-9,11,13,15-16H2,1,3H3,(H,27,31)(H,29,32);5,10,12,15,19-20,22H,2,4,6-9,11,13-14,16H2,1,3H3,(H,28,31)/t21-,24+;20-,23+;19-,21+;20-,22+/m0000/s1. The van der Waals surface area contributed by atoms with E-state index in [1.165, 1.54) is 53.5 Å². The summed E-state index contributed by atoms with van der Waals surface area (Å²) in [5, 5.41) is 19.1. The number of benzene rings is 4. The summed E-state index contributed by atoms with van der Waals surface area (Å²) in [5.74, 6) is -0.625. The number of hydrogen-bond acceptors (Lipinski definition) is 20. The Balaban J connectivity index is 0.000000198. The number of nitrogens with zero attached hydrogens (tertiary/aromatic N) is 4. The van der Waals surface area contributed by atoms with Gasteiger partial charge in [0.25, 0.3) is 0 Å². The maximum Gasteiger partial charge on any atom is 0.224 e. The fourth-order valence-electron chi connectivity index (χ4n) is 18.9. The first-order valence-electron chi connectivity index (χ1n) is 48.8. The van der Waals surface area contributed by atoms with E-state index < -0.39 is 23.7 Å². The second-order valence-corrected chi connectivity index (χ2v) is 41.0. The monoisotopic (exact) mass is 1870 g/mol. The van der Waals surface area contributed by atoms with Gasteiger partial charge >= 0.3 is 0 Å². The molecular formula is C107H143N9O12S4. The molecule has 0 bridgehead atoms. The van der Waals surface area contributed by atoms with Crippen molar-refractivity contribution in [1.29, 1.82) is 0 Å². The van der Waals surface area contributed by atoms with Gasteiger partial charge in [-0.3, -0.25) is 52.7 Å². The van der Waals surface area contributed by atoms with Crippen LogP contribution in [0.3, 0.4) is 0 Å². The van der Waals surface area contributed by atoms with Gasteiger partial charge in [-0.05, 0) is 235 Å². The molecule has 712 valence electrons. The molecule has 0 radical (unpaired) electrons. The lowest BCUT2D eigenvalue weighted by Crippen LogP contribution is -2.44. The SMILES string of the molecule is C=CC(=O)CC[C@@H](NC(=O)[C@@H](CC(=O)CC)Cc1nc2ccc(CC)cc2s1)C1CCCC1.C=CC(=O)CC[C@@H](NC(=O)[C@@H](CC(=O)CCC)Cc1nc2ccc(CC)cc2s1)C1CCCC1.C=CC(=O)CC[C@@H](NC(=O)[C@@H](CC(=O)NC)Cc1nc2ccc(CC)cc2s1)C1CCCC1.C=CC(=O)CC[C@@H](NC(=O)[C@@H](CC(C)=O)Cc1nc2ccc(CC)cc2s1)C1CCCC1. The van der Waals surface area contributed by atoms with Crippen LogP contribution in [-0.4, -0.2) is 121 Å². The number of rotatable bonds is 51. The van der Waals surface area contributed by atoms with Crippen LogP contribution in [0.4, 0.5) is 0 Å². The van der Waals surface area contributed by atoms with Crippen LogP contribution < -0.4 is 26.6 Å². The van der Waals surface area contributed by atoms with E-state index in [-0.39, 0.29) is 120 Å². The topological polar surface area (TPSA) is 317 Å². The predicted octanol–water partition coefficient (Wildman–Crippen LogP) is 21.2. The molecule has 0 unspecified atom stereocenters. The van der Waals surface area contributed by atoms with Gasteiger partial charge in [0.1, 0.15) is 17.3 Å². The zero-order chi connectivity index (χ0) is 95.2. The van der Waals surface area contributed by atoms with Crippen LogP contribution in [0.15, 0.2) is 123 Å². The molecule has 21 nitrogen and oxygen atoms in total. The minimum Gasteiger partial charge on any atom is -0.359 e. The minimum absolute atomic E-state index is 0.00113. The van der Waals surface area contributed by atoms with Crippen molar-refractivity contribution < 1.29 is 57.5 Å². The Morgan fingerprint density at radius 1 is 0.356 bits per heavy atom. The molecule has 4 aliphatic rings. The van der Waals surface area contributed by atoms with Crippen molar-refractivity contribution in [2.45, 2.75) is 323 Å². The third-order valence-electron chi connectivity index (χ3n) is 26.8. The van der Waals surface area contributed by atoms with E-state index in [0.29, 0.717) is 114 Å². The maximum absolute atomic E-state index is 13.5. The highest BCUT2D eigenvalue weighted by Crippen LogP contribution is 2.38. The molecule has 8 atom stereocenters. The van der Waals surface area contributed by atoms with Crippen LogP contribution in [0, 0.1) is 47.3 Å². The van der Waals surface area contributed by atoms with Crippen LogP contribution in [-0.2, 0) is 109 Å². The van der Waals surface area contributed by atoms with Crippen molar-refractivity contribution in [3.63, 3.8) is 0 Å². The fourth-order valence-corrected chi connectivity index (χ4v) is 23.3. The normalized spacial score (nSPS) is 15.9. The van der Waals surface area contributed by atoms with Crippen molar-refractivity contribution >= 4 is 156 Å². The Morgan fingerprint density at radius 2 is 0.606 bits per heavy atom. The number of Topliss-reactive ketones (excluding diaryl/α,β-unsaturated/α-hetero) is 3. The highest BCUT2D eigenvalue weighted by Gasteiger charge is 2.37. The summed E-state index contributed by atoms with van der Waals surface area (Å²) in [7, 11) is 1.59. The Labute approximate surface area is 798 Å². The number of fused-ring (bicyclic) bond motifs is 4. The number of hydrogen-bond donors (Lipinski definition) is 5. The van der Waals surface area contributed by atoms with Crippen molar-refractivity contribution in [3.8, 4) is 0 Å². The Kier molecular flexibility index (Phi) is 44.5. The van der Waals surface area contributed by atoms with Crippen LogP contribution in [0.2, 0.25) is 0 Å². The van der Waals surface area contributed by atoms with E-state index >= 15 is 0 Å². The molecular weight excluding hydrogens is 1730 g/mol. The van der Waals surface area contributed by atoms with Crippen molar-refractivity contribution in [2.24, 2.45) is 47.3 Å². The largest absolute Gasteiger partial charge is 0.359 e. The van der Waals surface area contributed by atoms with Crippen LogP contribution >= 0.6 is 45.3 Å². The van der Waals surface area contributed by atoms with Crippen molar-refractivity contribution in [1.82, 2.24) is 46.5 Å². The fraction of sp³-hybridized carbons (Fsp3) is 0.551. The van der Waals surface area contributed by atoms with E-state index in [0.717, 1.165) is 196 Å². The highest BCUT2D eigenvalue weighted by atomic mass is 32.1. The van der Waals surface area contributed by atoms with Crippen LogP contribution in [0.25, 0.3) is 40.9 Å². The summed E-state index contributed by atoms with van der Waals surface area (Å²) >= 11 is 6.42. The smallest absolute Gasteiger partial charge is 0.224 e. The number of amides is 5. The third kappa shape index (κ3) is 33.8. The Hall–Kier alpha value is -9.56. The minimum atomic E-state index is -0.504. The highest BCUT2D eigenvalue weighted by molar-refractivity contribution is 7.19. The molecule has 5 N–H and O–H groups in total. The van der Waals surface area contributed by atoms with E-state index in [2.05, 4.69) is 129 Å². The third-order valence-corrected chi connectivity index (χ3v) is 31.0. The average molecular weight is 1880 g/mol. The summed E-state index contributed by atoms with van der Waals surface area (Å²) < 4.78 is 4.47. The van der Waals surface area contributed by atoms with E-state index in [1.54, 1.807) is 52.4 Å². The summed E-state index contributed by atoms with van der Waals surface area (Å²) in [4.78, 5) is 169. The maximum atomic E-state index is 13.5. The van der Waals surface area contributed by atoms with Crippen LogP contribution in [0.1, 0.15) is 290 Å². The number of thiazole rings is 4. The van der Waals surface area contributed by atoms with Gasteiger partial charge in [-0.1, -0.05) is 143 Å². The molecule has 4 aliphatic carbocycles.